The van der Waals surface area contributed by atoms with Crippen LogP contribution in [0.5, 0.6) is 0 Å². The molecule has 9 aromatic rings. The molecule has 0 radical (unpaired) electrons. The van der Waals surface area contributed by atoms with Gasteiger partial charge >= 0.3 is 0 Å². The molecule has 2 aromatic heterocycles. The Labute approximate surface area is 278 Å². The van der Waals surface area contributed by atoms with E-state index >= 15 is 0 Å². The summed E-state index contributed by atoms with van der Waals surface area (Å²) in [5, 5.41) is 10.3. The first-order chi connectivity index (χ1) is 23.3. The second-order valence-electron chi connectivity index (χ2n) is 12.0. The Kier molecular flexibility index (Phi) is 6.43. The second-order valence-corrected chi connectivity index (χ2v) is 16.8. The Balaban J connectivity index is 1.37. The number of rotatable bonds is 5. The number of hydrogen-bond acceptors (Lipinski definition) is 1. The van der Waals surface area contributed by atoms with Crippen molar-refractivity contribution in [3.05, 3.63) is 181 Å². The Morgan fingerprint density at radius 1 is 0.511 bits per heavy atom. The van der Waals surface area contributed by atoms with Crippen molar-refractivity contribution in [2.24, 2.45) is 0 Å². The number of para-hydroxylation sites is 2. The van der Waals surface area contributed by atoms with Crippen molar-refractivity contribution in [1.29, 1.82) is 0 Å². The molecule has 0 N–H and O–H groups in total. The van der Waals surface area contributed by atoms with Gasteiger partial charge in [-0.3, -0.25) is 0 Å². The number of nitrogens with zero attached hydrogens (tertiary/aromatic N) is 2. The van der Waals surface area contributed by atoms with E-state index in [0.717, 1.165) is 27.5 Å². The summed E-state index contributed by atoms with van der Waals surface area (Å²) in [6.45, 7) is 7.98. The smallest absolute Gasteiger partial charge is 0.211 e. The first kappa shape index (κ1) is 27.6. The van der Waals surface area contributed by atoms with E-state index in [9.17, 15) is 0 Å². The summed E-state index contributed by atoms with van der Waals surface area (Å²) in [6, 6.07) is 61.7. The third-order valence-corrected chi connectivity index (χ3v) is 15.8. The summed E-state index contributed by atoms with van der Waals surface area (Å²) in [5.74, 6) is 0. The van der Waals surface area contributed by atoms with Crippen molar-refractivity contribution in [2.75, 3.05) is 0 Å². The first-order valence-electron chi connectivity index (χ1n) is 15.8. The highest BCUT2D eigenvalue weighted by Gasteiger charge is 2.42. The normalized spacial score (nSPS) is 11.8. The van der Waals surface area contributed by atoms with Crippen LogP contribution < -0.4 is 20.7 Å². The van der Waals surface area contributed by atoms with Gasteiger partial charge in [0.25, 0.3) is 0 Å². The predicted molar refractivity (Wildman–Crippen MR) is 204 cm³/mol. The van der Waals surface area contributed by atoms with Gasteiger partial charge in [0, 0.05) is 31.2 Å². The molecule has 7 aromatic carbocycles. The van der Waals surface area contributed by atoms with E-state index in [0.29, 0.717) is 5.69 Å². The van der Waals surface area contributed by atoms with Crippen molar-refractivity contribution in [1.82, 2.24) is 4.57 Å². The van der Waals surface area contributed by atoms with Crippen molar-refractivity contribution >= 4 is 87.8 Å². The number of benzene rings is 7. The van der Waals surface area contributed by atoms with Crippen LogP contribution in [0, 0.1) is 6.57 Å². The molecule has 220 valence electrons. The van der Waals surface area contributed by atoms with Gasteiger partial charge in [-0.05, 0) is 50.4 Å². The molecular weight excluding hydrogens is 605 g/mol. The van der Waals surface area contributed by atoms with Gasteiger partial charge < -0.3 is 4.57 Å². The number of fused-ring (bicyclic) bond motifs is 6. The molecule has 0 aliphatic carbocycles. The average molecular weight is 633 g/mol. The van der Waals surface area contributed by atoms with Crippen LogP contribution in [0.3, 0.4) is 0 Å². The third-order valence-electron chi connectivity index (χ3n) is 9.56. The minimum absolute atomic E-state index is 0.667. The van der Waals surface area contributed by atoms with Gasteiger partial charge in [0.1, 0.15) is 0 Å². The van der Waals surface area contributed by atoms with Gasteiger partial charge in [-0.1, -0.05) is 146 Å². The predicted octanol–water partition coefficient (Wildman–Crippen LogP) is 9.08. The largest absolute Gasteiger partial charge is 0.319 e. The summed E-state index contributed by atoms with van der Waals surface area (Å²) < 4.78 is 4.88. The minimum Gasteiger partial charge on any atom is -0.319 e. The Morgan fingerprint density at radius 2 is 1.09 bits per heavy atom. The van der Waals surface area contributed by atoms with E-state index in [4.69, 9.17) is 6.57 Å². The molecule has 0 unspecified atom stereocenters. The van der Waals surface area contributed by atoms with Gasteiger partial charge in [0.2, 0.25) is 5.69 Å². The Bertz CT molecular complexity index is 2530. The van der Waals surface area contributed by atoms with E-state index in [1.807, 2.05) is 23.5 Å². The molecule has 9 rings (SSSR count). The first-order valence-corrected chi connectivity index (χ1v) is 18.6. The van der Waals surface area contributed by atoms with Crippen molar-refractivity contribution in [3.63, 3.8) is 0 Å². The lowest BCUT2D eigenvalue weighted by Gasteiger charge is -2.34. The van der Waals surface area contributed by atoms with E-state index < -0.39 is 8.07 Å². The molecule has 0 amide bonds. The van der Waals surface area contributed by atoms with Crippen LogP contribution in [0.15, 0.2) is 170 Å². The maximum absolute atomic E-state index is 7.98. The second kappa shape index (κ2) is 11.0. The zero-order chi connectivity index (χ0) is 31.4. The van der Waals surface area contributed by atoms with Gasteiger partial charge in [-0.25, -0.2) is 4.85 Å². The maximum Gasteiger partial charge on any atom is 0.211 e. The molecular formula is C43H28N2SSi. The lowest BCUT2D eigenvalue weighted by molar-refractivity contribution is 1.19. The molecule has 0 aliphatic rings. The van der Waals surface area contributed by atoms with Crippen LogP contribution in [0.4, 0.5) is 5.69 Å². The summed E-state index contributed by atoms with van der Waals surface area (Å²) in [4.78, 5) is 3.94. The topological polar surface area (TPSA) is 9.29 Å². The highest BCUT2D eigenvalue weighted by molar-refractivity contribution is 7.30. The van der Waals surface area contributed by atoms with E-state index in [1.165, 1.54) is 40.9 Å². The molecule has 47 heavy (non-hydrogen) atoms. The fourth-order valence-corrected chi connectivity index (χ4v) is 14.2. The molecule has 4 heteroatoms. The van der Waals surface area contributed by atoms with Crippen LogP contribution in [0.1, 0.15) is 0 Å². The molecule has 0 atom stereocenters. The SMILES string of the molecule is [C-]#[N+]c1cccc2c3ccccc3n(-c3ccc4sc5c([Si](c6ccccc6)(c6ccccc6)c6ccccc6)cccc5c4c3)c12. The van der Waals surface area contributed by atoms with Gasteiger partial charge in [-0.2, -0.15) is 0 Å². The number of aromatic nitrogens is 1. The van der Waals surface area contributed by atoms with Gasteiger partial charge in [-0.15, -0.1) is 11.3 Å². The summed E-state index contributed by atoms with van der Waals surface area (Å²) in [6.07, 6.45) is 0. The van der Waals surface area contributed by atoms with E-state index in [2.05, 4.69) is 167 Å². The molecule has 0 aliphatic heterocycles. The van der Waals surface area contributed by atoms with Gasteiger partial charge in [0.15, 0.2) is 8.07 Å². The zero-order valence-corrected chi connectivity index (χ0v) is 27.3. The van der Waals surface area contributed by atoms with Crippen molar-refractivity contribution in [2.45, 2.75) is 0 Å². The quantitative estimate of drug-likeness (QED) is 0.102. The highest BCUT2D eigenvalue weighted by Crippen LogP contribution is 2.40. The minimum atomic E-state index is -2.71. The standard InChI is InChI=1S/C43H28N2SSi/c1-44-38-24-13-22-35-34-21-11-12-25-39(34)45(42(35)38)30-27-28-40-37(29-30)36-23-14-26-41(43(36)46-40)47(31-15-5-2-6-16-31,32-17-7-3-8-18-32)33-19-9-4-10-20-33/h2-29H. The maximum atomic E-state index is 7.98. The molecule has 0 bridgehead atoms. The van der Waals surface area contributed by atoms with E-state index in [-0.39, 0.29) is 0 Å². The van der Waals surface area contributed by atoms with Crippen LogP contribution in [0.25, 0.3) is 52.5 Å². The highest BCUT2D eigenvalue weighted by atomic mass is 32.1. The fraction of sp³-hybridized carbons (Fsp3) is 0. The van der Waals surface area contributed by atoms with Crippen LogP contribution in [0.2, 0.25) is 0 Å². The molecule has 0 spiro atoms. The fourth-order valence-electron chi connectivity index (χ4n) is 7.61. The van der Waals surface area contributed by atoms with E-state index in [1.54, 1.807) is 0 Å². The van der Waals surface area contributed by atoms with Crippen LogP contribution >= 0.6 is 11.3 Å². The van der Waals surface area contributed by atoms with Crippen molar-refractivity contribution < 1.29 is 0 Å². The Hall–Kier alpha value is -5.73. The lowest BCUT2D eigenvalue weighted by atomic mass is 10.1. The summed E-state index contributed by atoms with van der Waals surface area (Å²) >= 11 is 1.90. The third kappa shape index (κ3) is 4.08. The monoisotopic (exact) mass is 632 g/mol. The molecule has 2 nitrogen and oxygen atoms in total. The summed E-state index contributed by atoms with van der Waals surface area (Å²) in [7, 11) is -2.71. The zero-order valence-electron chi connectivity index (χ0n) is 25.5. The molecule has 0 fully saturated rings. The molecule has 2 heterocycles. The molecule has 0 saturated carbocycles. The number of hydrogen-bond donors (Lipinski definition) is 0. The molecule has 0 saturated heterocycles. The van der Waals surface area contributed by atoms with Gasteiger partial charge in [0.05, 0.1) is 17.6 Å². The average Bonchev–Trinajstić information content (AvgIpc) is 3.69. The Morgan fingerprint density at radius 3 is 1.74 bits per heavy atom. The number of thiophene rings is 1. The lowest BCUT2D eigenvalue weighted by Crippen LogP contribution is -2.74. The van der Waals surface area contributed by atoms with Crippen LogP contribution in [-0.2, 0) is 0 Å². The summed E-state index contributed by atoms with van der Waals surface area (Å²) in [5.41, 5.74) is 3.82. The van der Waals surface area contributed by atoms with Crippen LogP contribution in [-0.4, -0.2) is 12.6 Å². The van der Waals surface area contributed by atoms with Crippen molar-refractivity contribution in [3.8, 4) is 5.69 Å².